The fourth-order valence-electron chi connectivity index (χ4n) is 4.22. The molecule has 1 N–H and O–H groups in total. The average molecular weight is 533 g/mol. The molecule has 5 aromatic rings. The molecule has 0 fully saturated rings. The van der Waals surface area contributed by atoms with Gasteiger partial charge in [-0.25, -0.2) is 9.78 Å². The summed E-state index contributed by atoms with van der Waals surface area (Å²) in [5.41, 5.74) is 0.567. The molecule has 0 unspecified atom stereocenters. The van der Waals surface area contributed by atoms with E-state index in [2.05, 4.69) is 15.3 Å². The number of halogens is 3. The molecule has 1 amide bonds. The van der Waals surface area contributed by atoms with Crippen LogP contribution in [-0.4, -0.2) is 26.2 Å². The first-order valence-electron chi connectivity index (χ1n) is 12.0. The van der Waals surface area contributed by atoms with Gasteiger partial charge in [0.25, 0.3) is 5.56 Å². The number of carbonyl (C=O) groups excluding carboxylic acids is 1. The molecule has 0 saturated heterocycles. The first kappa shape index (κ1) is 25.9. The summed E-state index contributed by atoms with van der Waals surface area (Å²) in [4.78, 5) is 33.8. The molecule has 39 heavy (non-hydrogen) atoms. The number of amides is 1. The third-order valence-corrected chi connectivity index (χ3v) is 5.87. The highest BCUT2D eigenvalue weighted by atomic mass is 19.4. The maximum absolute atomic E-state index is 13.4. The first-order valence-corrected chi connectivity index (χ1v) is 12.0. The van der Waals surface area contributed by atoms with Crippen LogP contribution in [0.4, 0.5) is 23.8 Å². The maximum atomic E-state index is 13.4. The van der Waals surface area contributed by atoms with Crippen LogP contribution < -0.4 is 10.9 Å². The molecule has 0 bridgehead atoms. The zero-order valence-electron chi connectivity index (χ0n) is 21.2. The van der Waals surface area contributed by atoms with Crippen molar-refractivity contribution in [3.63, 3.8) is 0 Å². The Hall–Kier alpha value is -4.73. The van der Waals surface area contributed by atoms with E-state index in [-0.39, 0.29) is 5.69 Å². The summed E-state index contributed by atoms with van der Waals surface area (Å²) >= 11 is 0. The van der Waals surface area contributed by atoms with Crippen LogP contribution in [0.25, 0.3) is 38.6 Å². The number of benzene rings is 2. The van der Waals surface area contributed by atoms with E-state index in [0.717, 1.165) is 17.7 Å². The molecule has 10 heteroatoms. The predicted molar refractivity (Wildman–Crippen MR) is 143 cm³/mol. The summed E-state index contributed by atoms with van der Waals surface area (Å²) < 4.78 is 46.8. The van der Waals surface area contributed by atoms with Gasteiger partial charge in [-0.2, -0.15) is 13.2 Å². The van der Waals surface area contributed by atoms with Crippen molar-refractivity contribution in [1.82, 2.24) is 14.5 Å². The number of nitrogens with zero attached hydrogens (tertiary/aromatic N) is 3. The van der Waals surface area contributed by atoms with E-state index in [9.17, 15) is 22.8 Å². The number of pyridine rings is 3. The molecule has 0 aliphatic heterocycles. The lowest BCUT2D eigenvalue weighted by atomic mass is 10.0. The lowest BCUT2D eigenvalue weighted by Gasteiger charge is -2.19. The number of carbonyl (C=O) groups is 1. The number of rotatable bonds is 3. The van der Waals surface area contributed by atoms with E-state index >= 15 is 0 Å². The zero-order chi connectivity index (χ0) is 27.9. The highest BCUT2D eigenvalue weighted by Gasteiger charge is 2.30. The van der Waals surface area contributed by atoms with E-state index in [0.29, 0.717) is 33.2 Å². The number of alkyl halides is 3. The van der Waals surface area contributed by atoms with Crippen molar-refractivity contribution in [3.8, 4) is 16.8 Å². The molecule has 5 rings (SSSR count). The standard InChI is InChI=1S/C29H23F3N4O3/c1-28(2,3)39-27(38)35-24-11-8-18(15-34-24)17-7-10-23-22(13-17)26-19(16-33-23)9-12-25(37)36(26)21-6-4-5-20(14-21)29(30,31)32/h4-16H,1-3H3,(H,34,35,38). The maximum Gasteiger partial charge on any atom is 0.416 e. The van der Waals surface area contributed by atoms with Crippen LogP contribution in [0.15, 0.2) is 83.9 Å². The minimum Gasteiger partial charge on any atom is -0.444 e. The zero-order valence-corrected chi connectivity index (χ0v) is 21.2. The second kappa shape index (κ2) is 9.54. The summed E-state index contributed by atoms with van der Waals surface area (Å²) in [5.74, 6) is 0.305. The van der Waals surface area contributed by atoms with Crippen LogP contribution in [0.5, 0.6) is 0 Å². The first-order chi connectivity index (χ1) is 18.4. The third-order valence-electron chi connectivity index (χ3n) is 5.87. The Balaban J connectivity index is 1.60. The van der Waals surface area contributed by atoms with Crippen molar-refractivity contribution in [2.75, 3.05) is 5.32 Å². The van der Waals surface area contributed by atoms with Gasteiger partial charge in [0, 0.05) is 40.5 Å². The van der Waals surface area contributed by atoms with Crippen molar-refractivity contribution in [1.29, 1.82) is 0 Å². The SMILES string of the molecule is CC(C)(C)OC(=O)Nc1ccc(-c2ccc3ncc4ccc(=O)n(-c5cccc(C(F)(F)F)c5)c4c3c2)cn1. The van der Waals surface area contributed by atoms with Gasteiger partial charge in [-0.1, -0.05) is 12.1 Å². The van der Waals surface area contributed by atoms with Gasteiger partial charge in [0.15, 0.2) is 0 Å². The number of fused-ring (bicyclic) bond motifs is 3. The van der Waals surface area contributed by atoms with Crippen molar-refractivity contribution in [2.24, 2.45) is 0 Å². The van der Waals surface area contributed by atoms with Crippen LogP contribution in [-0.2, 0) is 10.9 Å². The van der Waals surface area contributed by atoms with Crippen molar-refractivity contribution >= 4 is 33.7 Å². The molecule has 2 aromatic carbocycles. The van der Waals surface area contributed by atoms with E-state index in [1.807, 2.05) is 12.1 Å². The Bertz CT molecular complexity index is 1770. The summed E-state index contributed by atoms with van der Waals surface area (Å²) in [5, 5.41) is 3.75. The van der Waals surface area contributed by atoms with E-state index < -0.39 is 29.0 Å². The predicted octanol–water partition coefficient (Wildman–Crippen LogP) is 6.97. The number of hydrogen-bond donors (Lipinski definition) is 1. The van der Waals surface area contributed by atoms with Crippen molar-refractivity contribution in [2.45, 2.75) is 32.5 Å². The van der Waals surface area contributed by atoms with E-state index in [1.165, 1.54) is 22.8 Å². The molecule has 0 saturated carbocycles. The second-order valence-corrected chi connectivity index (χ2v) is 9.91. The Morgan fingerprint density at radius 2 is 1.67 bits per heavy atom. The Morgan fingerprint density at radius 3 is 2.36 bits per heavy atom. The van der Waals surface area contributed by atoms with Crippen molar-refractivity contribution < 1.29 is 22.7 Å². The quantitative estimate of drug-likeness (QED) is 0.254. The van der Waals surface area contributed by atoms with Crippen LogP contribution in [0, 0.1) is 0 Å². The number of anilines is 1. The van der Waals surface area contributed by atoms with Gasteiger partial charge in [-0.05, 0) is 74.9 Å². The molecule has 0 aliphatic carbocycles. The minimum absolute atomic E-state index is 0.0950. The number of nitrogens with one attached hydrogen (secondary N) is 1. The van der Waals surface area contributed by atoms with Crippen LogP contribution in [0.1, 0.15) is 26.3 Å². The highest BCUT2D eigenvalue weighted by Crippen LogP contribution is 2.33. The Kier molecular flexibility index (Phi) is 6.33. The number of hydrogen-bond acceptors (Lipinski definition) is 5. The van der Waals surface area contributed by atoms with Crippen LogP contribution in [0.2, 0.25) is 0 Å². The fraction of sp³-hybridized carbons (Fsp3) is 0.172. The second-order valence-electron chi connectivity index (χ2n) is 9.91. The molecular weight excluding hydrogens is 509 g/mol. The Labute approximate surface area is 220 Å². The number of aromatic nitrogens is 3. The lowest BCUT2D eigenvalue weighted by molar-refractivity contribution is -0.137. The smallest absolute Gasteiger partial charge is 0.416 e. The van der Waals surface area contributed by atoms with Gasteiger partial charge < -0.3 is 4.74 Å². The average Bonchev–Trinajstić information content (AvgIpc) is 2.87. The van der Waals surface area contributed by atoms with Gasteiger partial charge in [-0.3, -0.25) is 19.7 Å². The fourth-order valence-corrected chi connectivity index (χ4v) is 4.22. The lowest BCUT2D eigenvalue weighted by Crippen LogP contribution is -2.27. The molecule has 0 atom stereocenters. The van der Waals surface area contributed by atoms with Gasteiger partial charge in [-0.15, -0.1) is 0 Å². The largest absolute Gasteiger partial charge is 0.444 e. The van der Waals surface area contributed by atoms with E-state index in [1.54, 1.807) is 57.4 Å². The highest BCUT2D eigenvalue weighted by molar-refractivity contribution is 6.05. The topological polar surface area (TPSA) is 86.1 Å². The molecule has 3 heterocycles. The van der Waals surface area contributed by atoms with Gasteiger partial charge in [0.05, 0.1) is 16.6 Å². The van der Waals surface area contributed by atoms with Crippen LogP contribution >= 0.6 is 0 Å². The number of ether oxygens (including phenoxy) is 1. The minimum atomic E-state index is -4.56. The molecule has 198 valence electrons. The molecular formula is C29H23F3N4O3. The third kappa shape index (κ3) is 5.45. The summed E-state index contributed by atoms with van der Waals surface area (Å²) in [6, 6.07) is 16.4. The molecule has 0 radical (unpaired) electrons. The Morgan fingerprint density at radius 1 is 0.897 bits per heavy atom. The molecule has 0 aliphatic rings. The van der Waals surface area contributed by atoms with Crippen LogP contribution in [0.3, 0.4) is 0 Å². The monoisotopic (exact) mass is 532 g/mol. The summed E-state index contributed by atoms with van der Waals surface area (Å²) in [6.45, 7) is 5.27. The summed E-state index contributed by atoms with van der Waals surface area (Å²) in [7, 11) is 0. The van der Waals surface area contributed by atoms with Gasteiger partial charge in [0.1, 0.15) is 11.4 Å². The molecule has 0 spiro atoms. The summed E-state index contributed by atoms with van der Waals surface area (Å²) in [6.07, 6.45) is -2.02. The van der Waals surface area contributed by atoms with E-state index in [4.69, 9.17) is 4.74 Å². The normalized spacial score (nSPS) is 12.1. The van der Waals surface area contributed by atoms with Gasteiger partial charge >= 0.3 is 12.3 Å². The molecule has 3 aromatic heterocycles. The van der Waals surface area contributed by atoms with Crippen molar-refractivity contribution in [3.05, 3.63) is 95.0 Å². The van der Waals surface area contributed by atoms with Gasteiger partial charge in [0.2, 0.25) is 0 Å². The molecule has 7 nitrogen and oxygen atoms in total.